The Labute approximate surface area is 239 Å². The molecule has 12 heteroatoms. The second-order valence-corrected chi connectivity index (χ2v) is 12.3. The summed E-state index contributed by atoms with van der Waals surface area (Å²) in [6.07, 6.45) is 1.93. The third-order valence-corrected chi connectivity index (χ3v) is 8.84. The van der Waals surface area contributed by atoms with Gasteiger partial charge < -0.3 is 20.7 Å². The van der Waals surface area contributed by atoms with Crippen LogP contribution in [0.25, 0.3) is 11.3 Å². The van der Waals surface area contributed by atoms with Gasteiger partial charge in [0.15, 0.2) is 5.72 Å². The molecule has 41 heavy (non-hydrogen) atoms. The first-order valence-corrected chi connectivity index (χ1v) is 15.1. The van der Waals surface area contributed by atoms with Crippen LogP contribution in [0.3, 0.4) is 0 Å². The predicted molar refractivity (Wildman–Crippen MR) is 154 cm³/mol. The minimum absolute atomic E-state index is 0.0855. The van der Waals surface area contributed by atoms with Crippen molar-refractivity contribution in [2.24, 2.45) is 5.73 Å². The third-order valence-electron chi connectivity index (χ3n) is 7.51. The van der Waals surface area contributed by atoms with Gasteiger partial charge in [-0.2, -0.15) is 4.98 Å². The summed E-state index contributed by atoms with van der Waals surface area (Å²) in [7, 11) is -4.12. The molecule has 2 aliphatic heterocycles. The Bertz CT molecular complexity index is 1580. The first kappa shape index (κ1) is 28.5. The predicted octanol–water partition coefficient (Wildman–Crippen LogP) is 3.13. The highest BCUT2D eigenvalue weighted by Gasteiger charge is 2.41. The Balaban J connectivity index is 1.59. The summed E-state index contributed by atoms with van der Waals surface area (Å²) in [6.45, 7) is 6.48. The minimum Gasteiger partial charge on any atom is -0.451 e. The molecule has 1 spiro atoms. The fourth-order valence-electron chi connectivity index (χ4n) is 5.34. The number of nitrogens with zero attached hydrogens (tertiary/aromatic N) is 3. The fourth-order valence-corrected chi connectivity index (χ4v) is 6.33. The van der Waals surface area contributed by atoms with E-state index in [1.54, 1.807) is 11.0 Å². The Morgan fingerprint density at radius 3 is 2.46 bits per heavy atom. The number of sulfonamides is 1. The lowest BCUT2D eigenvalue weighted by Crippen LogP contribution is -2.60. The molecule has 1 saturated heterocycles. The summed E-state index contributed by atoms with van der Waals surface area (Å²) in [5.41, 5.74) is 8.19. The number of benzene rings is 2. The van der Waals surface area contributed by atoms with Crippen molar-refractivity contribution >= 4 is 27.8 Å². The van der Waals surface area contributed by atoms with Crippen molar-refractivity contribution < 1.29 is 22.7 Å². The molecule has 3 aromatic rings. The SMILES string of the molecule is CCCC(N)C(=O)N1CCC2(CC1)NC(=O)c1cccc(c1)S(=O)(=O)Nc1nc(cc(-c3c(C)cccc3C)n1)O2. The lowest BCUT2D eigenvalue weighted by Gasteiger charge is -2.42. The van der Waals surface area contributed by atoms with Gasteiger partial charge in [0.2, 0.25) is 17.7 Å². The highest BCUT2D eigenvalue weighted by Crippen LogP contribution is 2.33. The monoisotopic (exact) mass is 578 g/mol. The largest absolute Gasteiger partial charge is 0.451 e. The van der Waals surface area contributed by atoms with Gasteiger partial charge in [0.05, 0.1) is 16.6 Å². The van der Waals surface area contributed by atoms with Gasteiger partial charge in [-0.05, 0) is 49.6 Å². The highest BCUT2D eigenvalue weighted by atomic mass is 32.2. The van der Waals surface area contributed by atoms with Crippen molar-refractivity contribution in [3.63, 3.8) is 0 Å². The summed E-state index contributed by atoms with van der Waals surface area (Å²) in [5, 5.41) is 2.99. The molecule has 0 aliphatic carbocycles. The molecule has 2 aliphatic rings. The molecule has 3 heterocycles. The molecule has 1 atom stereocenters. The number of carbonyl (C=O) groups excluding carboxylic acids is 2. The minimum atomic E-state index is -4.12. The highest BCUT2D eigenvalue weighted by molar-refractivity contribution is 7.92. The van der Waals surface area contributed by atoms with E-state index < -0.39 is 27.7 Å². The van der Waals surface area contributed by atoms with Crippen LogP contribution in [-0.4, -0.2) is 60.0 Å². The van der Waals surface area contributed by atoms with Crippen LogP contribution in [0.2, 0.25) is 0 Å². The number of fused-ring (bicyclic) bond motifs is 4. The zero-order valence-electron chi connectivity index (χ0n) is 23.3. The van der Waals surface area contributed by atoms with Crippen LogP contribution in [0.5, 0.6) is 5.88 Å². The van der Waals surface area contributed by atoms with Crippen molar-refractivity contribution in [3.8, 4) is 17.1 Å². The lowest BCUT2D eigenvalue weighted by molar-refractivity contribution is -0.136. The Kier molecular flexibility index (Phi) is 7.71. The van der Waals surface area contributed by atoms with Crippen LogP contribution in [0, 0.1) is 13.8 Å². The molecule has 1 aromatic heterocycles. The molecule has 4 bridgehead atoms. The maximum Gasteiger partial charge on any atom is 0.264 e. The number of piperidine rings is 1. The van der Waals surface area contributed by atoms with Gasteiger partial charge in [-0.15, -0.1) is 0 Å². The van der Waals surface area contributed by atoms with Gasteiger partial charge in [-0.25, -0.2) is 18.1 Å². The van der Waals surface area contributed by atoms with Crippen molar-refractivity contribution in [1.82, 2.24) is 20.2 Å². The Morgan fingerprint density at radius 1 is 1.10 bits per heavy atom. The summed E-state index contributed by atoms with van der Waals surface area (Å²) in [5.74, 6) is -0.715. The number of likely N-dealkylation sites (tertiary alicyclic amines) is 1. The van der Waals surface area contributed by atoms with Crippen LogP contribution in [0.4, 0.5) is 5.95 Å². The number of hydrogen-bond donors (Lipinski definition) is 3. The molecule has 5 rings (SSSR count). The topological polar surface area (TPSA) is 157 Å². The maximum atomic E-state index is 13.4. The van der Waals surface area contributed by atoms with E-state index in [9.17, 15) is 18.0 Å². The maximum absolute atomic E-state index is 13.4. The normalized spacial score (nSPS) is 18.2. The molecule has 2 aromatic carbocycles. The standard InChI is InChI=1S/C29H34N6O5S/c1-4-7-22(30)27(37)35-14-12-29(13-15-35)33-26(36)20-10-6-11-21(16-20)41(38,39)34-28-31-23(17-24(32-28)40-29)25-18(2)8-5-9-19(25)3/h5-6,8-11,16-17,22H,4,7,12-15,30H2,1-3H3,(H,33,36)(H,31,32,34). The molecule has 11 nitrogen and oxygen atoms in total. The number of carbonyl (C=O) groups is 2. The van der Waals surface area contributed by atoms with E-state index in [0.717, 1.165) is 23.1 Å². The number of hydrogen-bond acceptors (Lipinski definition) is 8. The third kappa shape index (κ3) is 5.89. The zero-order chi connectivity index (χ0) is 29.4. The van der Waals surface area contributed by atoms with Crippen LogP contribution in [0.1, 0.15) is 54.1 Å². The van der Waals surface area contributed by atoms with Crippen LogP contribution < -0.4 is 20.5 Å². The van der Waals surface area contributed by atoms with Crippen molar-refractivity contribution in [3.05, 3.63) is 65.2 Å². The number of aromatic nitrogens is 2. The number of rotatable bonds is 4. The van der Waals surface area contributed by atoms with Gasteiger partial charge in [0, 0.05) is 43.1 Å². The average molecular weight is 579 g/mol. The average Bonchev–Trinajstić information content (AvgIpc) is 2.92. The first-order valence-electron chi connectivity index (χ1n) is 13.6. The van der Waals surface area contributed by atoms with Gasteiger partial charge in [0.25, 0.3) is 15.9 Å². The number of amides is 2. The molecule has 216 valence electrons. The van der Waals surface area contributed by atoms with Gasteiger partial charge in [-0.1, -0.05) is 37.6 Å². The first-order chi connectivity index (χ1) is 19.5. The molecule has 2 amide bonds. The smallest absolute Gasteiger partial charge is 0.264 e. The summed E-state index contributed by atoms with van der Waals surface area (Å²) in [4.78, 5) is 36.9. The number of anilines is 1. The lowest BCUT2D eigenvalue weighted by atomic mass is 9.97. The van der Waals surface area contributed by atoms with E-state index in [0.29, 0.717) is 25.2 Å². The van der Waals surface area contributed by atoms with E-state index >= 15 is 0 Å². The fraction of sp³-hybridized carbons (Fsp3) is 0.379. The Morgan fingerprint density at radius 2 is 1.78 bits per heavy atom. The summed E-state index contributed by atoms with van der Waals surface area (Å²) in [6, 6.07) is 12.6. The van der Waals surface area contributed by atoms with Crippen molar-refractivity contribution in [1.29, 1.82) is 0 Å². The molecule has 4 N–H and O–H groups in total. The number of ether oxygens (including phenoxy) is 1. The van der Waals surface area contributed by atoms with Gasteiger partial charge >= 0.3 is 0 Å². The van der Waals surface area contributed by atoms with Crippen molar-refractivity contribution in [2.45, 2.75) is 63.1 Å². The van der Waals surface area contributed by atoms with E-state index in [1.165, 1.54) is 24.3 Å². The second kappa shape index (κ2) is 11.1. The van der Waals surface area contributed by atoms with E-state index in [-0.39, 0.29) is 41.0 Å². The Hall–Kier alpha value is -4.03. The van der Waals surface area contributed by atoms with E-state index in [2.05, 4.69) is 20.0 Å². The van der Waals surface area contributed by atoms with E-state index in [1.807, 2.05) is 39.0 Å². The van der Waals surface area contributed by atoms with Crippen LogP contribution in [-0.2, 0) is 14.8 Å². The van der Waals surface area contributed by atoms with Crippen LogP contribution >= 0.6 is 0 Å². The summed E-state index contributed by atoms with van der Waals surface area (Å²) < 4.78 is 35.4. The molecule has 0 saturated carbocycles. The molecular weight excluding hydrogens is 544 g/mol. The van der Waals surface area contributed by atoms with Gasteiger partial charge in [0.1, 0.15) is 0 Å². The number of nitrogens with one attached hydrogen (secondary N) is 2. The van der Waals surface area contributed by atoms with Crippen LogP contribution in [0.15, 0.2) is 53.4 Å². The second-order valence-electron chi connectivity index (χ2n) is 10.6. The molecular formula is C29H34N6O5S. The molecule has 1 fully saturated rings. The zero-order valence-corrected chi connectivity index (χ0v) is 24.1. The van der Waals surface area contributed by atoms with Gasteiger partial charge in [-0.3, -0.25) is 9.59 Å². The summed E-state index contributed by atoms with van der Waals surface area (Å²) >= 11 is 0. The number of aryl methyl sites for hydroxylation is 2. The molecule has 1 unspecified atom stereocenters. The number of nitrogens with two attached hydrogens (primary N) is 1. The van der Waals surface area contributed by atoms with E-state index in [4.69, 9.17) is 10.5 Å². The molecule has 0 radical (unpaired) electrons. The quantitative estimate of drug-likeness (QED) is 0.426. The van der Waals surface area contributed by atoms with Crippen molar-refractivity contribution in [2.75, 3.05) is 17.8 Å².